The van der Waals surface area contributed by atoms with Gasteiger partial charge in [-0.05, 0) is 98.1 Å². The second-order valence-corrected chi connectivity index (χ2v) is 22.6. The second-order valence-electron chi connectivity index (χ2n) is 17.3. The van der Waals surface area contributed by atoms with E-state index in [1.807, 2.05) is 72.2 Å². The highest BCUT2D eigenvalue weighted by atomic mass is 32.1. The largest absolute Gasteiger partial charge is 0.507 e. The van der Waals surface area contributed by atoms with Crippen LogP contribution in [0.1, 0.15) is 56.2 Å². The standard InChI is InChI=1S/C51H50N2O5SSi/c1-51(2,3)60(38-16-6-4-7-17-38,39-18-8-5-9-19-39)58-32-36-30-42-48(50(56)53(49(42)55)31-37-15-14-28-59-37)43-33-57-46(47(36)43)26-24-35(44-22-12-13-27-52-44)29-34-23-25-45(54)41-21-11-10-20-40(34)41/h4-23,25,27-29,42-43,46,48,54H,24,26,30-33H2,1-3H3/b35-29-/t42-,43+,46-,48-/m1/s1. The van der Waals surface area contributed by atoms with Gasteiger partial charge in [-0.15, -0.1) is 11.3 Å². The van der Waals surface area contributed by atoms with E-state index in [-0.39, 0.29) is 34.6 Å². The highest BCUT2D eigenvalue weighted by molar-refractivity contribution is 7.09. The van der Waals surface area contributed by atoms with Gasteiger partial charge in [0.25, 0.3) is 8.32 Å². The number of phenols is 1. The molecule has 3 aliphatic rings. The molecule has 0 spiro atoms. The Morgan fingerprint density at radius 1 is 0.850 bits per heavy atom. The number of thiophene rings is 1. The smallest absolute Gasteiger partial charge is 0.261 e. The Balaban J connectivity index is 1.11. The van der Waals surface area contributed by atoms with E-state index in [4.69, 9.17) is 14.1 Å². The fourth-order valence-corrected chi connectivity index (χ4v) is 15.3. The average molecular weight is 831 g/mol. The van der Waals surface area contributed by atoms with Crippen LogP contribution in [0.2, 0.25) is 5.04 Å². The zero-order valence-corrected chi connectivity index (χ0v) is 36.1. The van der Waals surface area contributed by atoms with E-state index in [0.29, 0.717) is 39.0 Å². The molecule has 9 rings (SSSR count). The predicted molar refractivity (Wildman–Crippen MR) is 242 cm³/mol. The highest BCUT2D eigenvalue weighted by Gasteiger charge is 2.58. The molecule has 2 fully saturated rings. The maximum Gasteiger partial charge on any atom is 0.261 e. The molecule has 4 atom stereocenters. The summed E-state index contributed by atoms with van der Waals surface area (Å²) in [7, 11) is -2.94. The molecule has 2 saturated heterocycles. The topological polar surface area (TPSA) is 89.0 Å². The lowest BCUT2D eigenvalue weighted by Gasteiger charge is -2.44. The molecule has 4 heterocycles. The van der Waals surface area contributed by atoms with E-state index in [1.54, 1.807) is 17.4 Å². The molecular weight excluding hydrogens is 781 g/mol. The molecule has 7 nitrogen and oxygen atoms in total. The van der Waals surface area contributed by atoms with Crippen LogP contribution in [-0.2, 0) is 25.3 Å². The van der Waals surface area contributed by atoms with Gasteiger partial charge in [-0.2, -0.15) is 0 Å². The zero-order chi connectivity index (χ0) is 41.4. The number of allylic oxidation sites excluding steroid dienone is 1. The van der Waals surface area contributed by atoms with Crippen molar-refractivity contribution in [3.8, 4) is 5.75 Å². The van der Waals surface area contributed by atoms with Crippen LogP contribution in [0.4, 0.5) is 0 Å². The van der Waals surface area contributed by atoms with Crippen LogP contribution in [0.3, 0.4) is 0 Å². The van der Waals surface area contributed by atoms with Crippen LogP contribution < -0.4 is 10.4 Å². The number of rotatable bonds is 12. The van der Waals surface area contributed by atoms with Gasteiger partial charge < -0.3 is 14.3 Å². The third-order valence-corrected chi connectivity index (χ3v) is 18.7. The quantitative estimate of drug-likeness (QED) is 0.0752. The summed E-state index contributed by atoms with van der Waals surface area (Å²) in [5, 5.41) is 16.6. The van der Waals surface area contributed by atoms with Crippen molar-refractivity contribution in [2.75, 3.05) is 13.2 Å². The lowest BCUT2D eigenvalue weighted by Crippen LogP contribution is -2.66. The molecule has 60 heavy (non-hydrogen) atoms. The molecule has 0 bridgehead atoms. The molecule has 2 amide bonds. The molecule has 0 saturated carbocycles. The van der Waals surface area contributed by atoms with Gasteiger partial charge in [-0.1, -0.05) is 124 Å². The zero-order valence-electron chi connectivity index (χ0n) is 34.3. The Kier molecular flexibility index (Phi) is 11.0. The van der Waals surface area contributed by atoms with Crippen LogP contribution in [0, 0.1) is 17.8 Å². The van der Waals surface area contributed by atoms with Crippen molar-refractivity contribution >= 4 is 64.3 Å². The fourth-order valence-electron chi connectivity index (χ4n) is 10.1. The van der Waals surface area contributed by atoms with Crippen LogP contribution >= 0.6 is 11.3 Å². The van der Waals surface area contributed by atoms with Gasteiger partial charge >= 0.3 is 0 Å². The van der Waals surface area contributed by atoms with E-state index in [0.717, 1.165) is 43.6 Å². The van der Waals surface area contributed by atoms with E-state index < -0.39 is 20.2 Å². The molecule has 2 aromatic heterocycles. The Labute approximate surface area is 357 Å². The Hall–Kier alpha value is -5.45. The normalized spacial score (nSPS) is 20.9. The molecule has 4 aromatic carbocycles. The number of hydrogen-bond donors (Lipinski definition) is 1. The number of imide groups is 1. The maximum absolute atomic E-state index is 14.4. The Morgan fingerprint density at radius 3 is 2.22 bits per heavy atom. The minimum absolute atomic E-state index is 0.0922. The number of ether oxygens (including phenoxy) is 1. The number of amides is 2. The van der Waals surface area contributed by atoms with Gasteiger partial charge in [-0.25, -0.2) is 0 Å². The van der Waals surface area contributed by atoms with Crippen molar-refractivity contribution in [1.29, 1.82) is 0 Å². The number of phenolic OH excluding ortho intramolecular Hbond substituents is 1. The summed E-state index contributed by atoms with van der Waals surface area (Å²) in [5.41, 5.74) is 5.13. The minimum Gasteiger partial charge on any atom is -0.507 e. The number of nitrogens with zero attached hydrogens (tertiary/aromatic N) is 2. The average Bonchev–Trinajstić information content (AvgIpc) is 4.00. The van der Waals surface area contributed by atoms with Crippen LogP contribution in [0.25, 0.3) is 22.4 Å². The molecule has 1 N–H and O–H groups in total. The van der Waals surface area contributed by atoms with Crippen LogP contribution in [-0.4, -0.2) is 54.4 Å². The molecule has 0 radical (unpaired) electrons. The summed E-state index contributed by atoms with van der Waals surface area (Å²) in [5.74, 6) is -1.09. The summed E-state index contributed by atoms with van der Waals surface area (Å²) in [6.45, 7) is 7.86. The van der Waals surface area contributed by atoms with Crippen molar-refractivity contribution in [2.24, 2.45) is 17.8 Å². The first-order valence-electron chi connectivity index (χ1n) is 20.9. The number of fused-ring (bicyclic) bond motifs is 4. The monoisotopic (exact) mass is 830 g/mol. The van der Waals surface area contributed by atoms with Gasteiger partial charge in [-0.3, -0.25) is 19.5 Å². The molecular formula is C51H50N2O5SSi. The van der Waals surface area contributed by atoms with Crippen molar-refractivity contribution in [2.45, 2.75) is 57.7 Å². The number of pyridine rings is 1. The number of likely N-dealkylation sites (tertiary alicyclic amines) is 1. The SMILES string of the molecule is CC(C)(C)[Si](OCC1=C2[C@@H](CC/C(=C/c3ccc(O)c4ccccc34)c3ccccn3)OC[C@@H]2[C@@H]2C(=O)N(Cc3cccs3)C(=O)[C@@H]2C1)(c1ccccc1)c1ccccc1. The minimum atomic E-state index is -2.94. The fraction of sp³-hybridized carbons (Fsp3) is 0.275. The third kappa shape index (κ3) is 7.27. The summed E-state index contributed by atoms with van der Waals surface area (Å²) < 4.78 is 14.4. The maximum atomic E-state index is 14.4. The van der Waals surface area contributed by atoms with Gasteiger partial charge in [0.1, 0.15) is 5.75 Å². The highest BCUT2D eigenvalue weighted by Crippen LogP contribution is 2.51. The molecule has 1 aliphatic carbocycles. The molecule has 6 aromatic rings. The lowest BCUT2D eigenvalue weighted by molar-refractivity contribution is -0.140. The number of hydrogen-bond acceptors (Lipinski definition) is 7. The Morgan fingerprint density at radius 2 is 1.55 bits per heavy atom. The van der Waals surface area contributed by atoms with Crippen molar-refractivity contribution in [3.05, 3.63) is 166 Å². The first kappa shape index (κ1) is 40.0. The number of carbonyl (C=O) groups is 2. The Bertz CT molecular complexity index is 2530. The first-order chi connectivity index (χ1) is 29.1. The summed E-state index contributed by atoms with van der Waals surface area (Å²) in [6, 6.07) is 42.8. The molecule has 2 aliphatic heterocycles. The molecule has 304 valence electrons. The molecule has 9 heteroatoms. The van der Waals surface area contributed by atoms with Gasteiger partial charge in [0.2, 0.25) is 11.8 Å². The number of carbonyl (C=O) groups excluding carboxylic acids is 2. The van der Waals surface area contributed by atoms with Crippen molar-refractivity contribution in [3.63, 3.8) is 0 Å². The van der Waals surface area contributed by atoms with Gasteiger partial charge in [0, 0.05) is 22.4 Å². The summed E-state index contributed by atoms with van der Waals surface area (Å²) in [6.07, 6.45) is 5.49. The van der Waals surface area contributed by atoms with E-state index >= 15 is 0 Å². The lowest BCUT2D eigenvalue weighted by atomic mass is 9.69. The number of benzene rings is 4. The van der Waals surface area contributed by atoms with Crippen molar-refractivity contribution in [1.82, 2.24) is 9.88 Å². The van der Waals surface area contributed by atoms with Crippen molar-refractivity contribution < 1.29 is 23.9 Å². The predicted octanol–water partition coefficient (Wildman–Crippen LogP) is 9.42. The number of aromatic nitrogens is 1. The van der Waals surface area contributed by atoms with Crippen LogP contribution in [0.15, 0.2) is 150 Å². The number of aromatic hydroxyl groups is 1. The van der Waals surface area contributed by atoms with Gasteiger partial charge in [0.05, 0.1) is 43.4 Å². The summed E-state index contributed by atoms with van der Waals surface area (Å²) >= 11 is 1.57. The summed E-state index contributed by atoms with van der Waals surface area (Å²) in [4.78, 5) is 36.0. The second kappa shape index (κ2) is 16.5. The van der Waals surface area contributed by atoms with Crippen LogP contribution in [0.5, 0.6) is 5.75 Å². The van der Waals surface area contributed by atoms with E-state index in [9.17, 15) is 14.7 Å². The third-order valence-electron chi connectivity index (χ3n) is 12.8. The van der Waals surface area contributed by atoms with E-state index in [1.165, 1.54) is 15.3 Å². The van der Waals surface area contributed by atoms with E-state index in [2.05, 4.69) is 87.5 Å². The molecule has 0 unspecified atom stereocenters. The van der Waals surface area contributed by atoms with Gasteiger partial charge in [0.15, 0.2) is 0 Å². The first-order valence-corrected chi connectivity index (χ1v) is 23.7.